The van der Waals surface area contributed by atoms with Crippen molar-refractivity contribution >= 4 is 5.69 Å². The zero-order valence-electron chi connectivity index (χ0n) is 10.5. The zero-order chi connectivity index (χ0) is 13.9. The number of hydrogen-bond acceptors (Lipinski definition) is 2. The van der Waals surface area contributed by atoms with Gasteiger partial charge in [-0.15, -0.1) is 0 Å². The molecule has 0 spiro atoms. The fourth-order valence-corrected chi connectivity index (χ4v) is 2.37. The molecule has 1 N–H and O–H groups in total. The van der Waals surface area contributed by atoms with Crippen LogP contribution in [-0.2, 0) is 6.42 Å². The summed E-state index contributed by atoms with van der Waals surface area (Å²) in [5.41, 5.74) is 0.763. The number of anilines is 1. The molecule has 0 fully saturated rings. The Bertz CT molecular complexity index is 468. The number of aryl methyl sites for hydroxylation is 1. The normalized spacial score (nSPS) is 16.4. The predicted molar refractivity (Wildman–Crippen MR) is 67.9 cm³/mol. The number of aliphatic hydroxyl groups excluding tert-OH is 1. The van der Waals surface area contributed by atoms with E-state index in [1.165, 1.54) is 11.0 Å². The Morgan fingerprint density at radius 3 is 2.63 bits per heavy atom. The molecule has 0 bridgehead atoms. The third-order valence-corrected chi connectivity index (χ3v) is 3.18. The minimum atomic E-state index is -4.40. The van der Waals surface area contributed by atoms with Crippen molar-refractivity contribution < 1.29 is 18.3 Å². The summed E-state index contributed by atoms with van der Waals surface area (Å²) in [6.45, 7) is -0.371. The highest BCUT2D eigenvalue weighted by atomic mass is 19.4. The molecular weight excluding hydrogens is 255 g/mol. The molecule has 0 atom stereocenters. The van der Waals surface area contributed by atoms with E-state index in [1.54, 1.807) is 12.1 Å². The van der Waals surface area contributed by atoms with Crippen LogP contribution >= 0.6 is 0 Å². The number of rotatable bonds is 2. The maximum Gasteiger partial charge on any atom is 0.431 e. The van der Waals surface area contributed by atoms with E-state index in [-0.39, 0.29) is 13.2 Å². The topological polar surface area (TPSA) is 23.5 Å². The van der Waals surface area contributed by atoms with Gasteiger partial charge < -0.3 is 10.0 Å². The molecule has 1 heterocycles. The van der Waals surface area contributed by atoms with Gasteiger partial charge in [0.25, 0.3) is 0 Å². The highest BCUT2D eigenvalue weighted by molar-refractivity contribution is 5.59. The molecule has 1 aliphatic rings. The van der Waals surface area contributed by atoms with Crippen molar-refractivity contribution in [2.45, 2.75) is 25.4 Å². The van der Waals surface area contributed by atoms with Crippen LogP contribution < -0.4 is 4.90 Å². The molecule has 0 aliphatic carbocycles. The van der Waals surface area contributed by atoms with Crippen molar-refractivity contribution in [2.75, 3.05) is 18.1 Å². The van der Waals surface area contributed by atoms with Crippen molar-refractivity contribution in [3.63, 3.8) is 0 Å². The lowest BCUT2D eigenvalue weighted by molar-refractivity contribution is -0.0938. The maximum absolute atomic E-state index is 13.1. The molecule has 19 heavy (non-hydrogen) atoms. The van der Waals surface area contributed by atoms with Crippen LogP contribution in [0.25, 0.3) is 0 Å². The lowest BCUT2D eigenvalue weighted by Gasteiger charge is -2.31. The number of halogens is 3. The summed E-state index contributed by atoms with van der Waals surface area (Å²) in [5.74, 6) is 0. The van der Waals surface area contributed by atoms with Gasteiger partial charge in [-0.3, -0.25) is 0 Å². The number of β-amino-alcohol motifs (C(OH)–C–C–N with tert-alkyl or cyclic N) is 1. The molecule has 104 valence electrons. The van der Waals surface area contributed by atoms with Crippen molar-refractivity contribution in [2.24, 2.45) is 0 Å². The molecular formula is C14H16F3NO. The van der Waals surface area contributed by atoms with Crippen LogP contribution in [0.15, 0.2) is 36.0 Å². The van der Waals surface area contributed by atoms with E-state index in [9.17, 15) is 13.2 Å². The van der Waals surface area contributed by atoms with Gasteiger partial charge in [0, 0.05) is 12.2 Å². The second-order valence-electron chi connectivity index (χ2n) is 4.48. The Balaban J connectivity index is 2.49. The van der Waals surface area contributed by atoms with Gasteiger partial charge in [-0.25, -0.2) is 0 Å². The highest BCUT2D eigenvalue weighted by Crippen LogP contribution is 2.36. The van der Waals surface area contributed by atoms with Gasteiger partial charge in [0.2, 0.25) is 0 Å². The van der Waals surface area contributed by atoms with E-state index >= 15 is 0 Å². The number of allylic oxidation sites excluding steroid dienone is 2. The van der Waals surface area contributed by atoms with Crippen LogP contribution in [0.2, 0.25) is 0 Å². The summed E-state index contributed by atoms with van der Waals surface area (Å²) >= 11 is 0. The van der Waals surface area contributed by atoms with Crippen molar-refractivity contribution in [3.05, 3.63) is 41.6 Å². The second-order valence-corrected chi connectivity index (χ2v) is 4.48. The second kappa shape index (κ2) is 5.65. The SMILES string of the molecule is OCCN1C(C(F)(F)F)=CCCCc2ccccc21. The van der Waals surface area contributed by atoms with Gasteiger partial charge in [0.05, 0.1) is 6.61 Å². The lowest BCUT2D eigenvalue weighted by Crippen LogP contribution is -2.35. The molecule has 0 unspecified atom stereocenters. The van der Waals surface area contributed by atoms with E-state index in [4.69, 9.17) is 5.11 Å². The molecule has 2 nitrogen and oxygen atoms in total. The summed E-state index contributed by atoms with van der Waals surface area (Å²) in [7, 11) is 0. The predicted octanol–water partition coefficient (Wildman–Crippen LogP) is 3.27. The minimum Gasteiger partial charge on any atom is -0.395 e. The van der Waals surface area contributed by atoms with Gasteiger partial charge in [0.1, 0.15) is 5.70 Å². The van der Waals surface area contributed by atoms with Gasteiger partial charge in [-0.2, -0.15) is 13.2 Å². The van der Waals surface area contributed by atoms with Crippen molar-refractivity contribution in [3.8, 4) is 0 Å². The lowest BCUT2D eigenvalue weighted by atomic mass is 10.0. The number of para-hydroxylation sites is 1. The fourth-order valence-electron chi connectivity index (χ4n) is 2.37. The maximum atomic E-state index is 13.1. The van der Waals surface area contributed by atoms with Gasteiger partial charge >= 0.3 is 6.18 Å². The first-order chi connectivity index (χ1) is 9.04. The van der Waals surface area contributed by atoms with Crippen LogP contribution in [-0.4, -0.2) is 24.4 Å². The zero-order valence-corrected chi connectivity index (χ0v) is 10.5. The van der Waals surface area contributed by atoms with E-state index in [1.807, 2.05) is 12.1 Å². The van der Waals surface area contributed by atoms with Crippen LogP contribution in [0.5, 0.6) is 0 Å². The summed E-state index contributed by atoms with van der Waals surface area (Å²) in [5, 5.41) is 9.05. The van der Waals surface area contributed by atoms with Crippen LogP contribution in [0.3, 0.4) is 0 Å². The molecule has 1 aromatic carbocycles. The fraction of sp³-hybridized carbons (Fsp3) is 0.429. The number of fused-ring (bicyclic) bond motifs is 1. The van der Waals surface area contributed by atoms with Crippen LogP contribution in [0.4, 0.5) is 18.9 Å². The molecule has 2 rings (SSSR count). The Morgan fingerprint density at radius 1 is 1.21 bits per heavy atom. The average molecular weight is 271 g/mol. The molecule has 0 aromatic heterocycles. The Morgan fingerprint density at radius 2 is 1.95 bits per heavy atom. The van der Waals surface area contributed by atoms with Crippen molar-refractivity contribution in [1.82, 2.24) is 0 Å². The van der Waals surface area contributed by atoms with Gasteiger partial charge in [0.15, 0.2) is 0 Å². The standard InChI is InChI=1S/C14H16F3NO/c15-14(16,17)13-8-4-2-6-11-5-1-3-7-12(11)18(13)9-10-19/h1,3,5,7-8,19H,2,4,6,9-10H2. The first-order valence-corrected chi connectivity index (χ1v) is 6.27. The average Bonchev–Trinajstić information content (AvgIpc) is 2.33. The van der Waals surface area contributed by atoms with Crippen LogP contribution in [0, 0.1) is 0 Å². The quantitative estimate of drug-likeness (QED) is 0.892. The Labute approximate surface area is 110 Å². The van der Waals surface area contributed by atoms with Crippen molar-refractivity contribution in [1.29, 1.82) is 0 Å². The molecule has 0 radical (unpaired) electrons. The molecule has 0 saturated heterocycles. The van der Waals surface area contributed by atoms with Gasteiger partial charge in [-0.1, -0.05) is 24.3 Å². The van der Waals surface area contributed by atoms with Gasteiger partial charge in [-0.05, 0) is 30.9 Å². The highest BCUT2D eigenvalue weighted by Gasteiger charge is 2.38. The summed E-state index contributed by atoms with van der Waals surface area (Å²) in [6, 6.07) is 7.07. The molecule has 0 amide bonds. The molecule has 5 heteroatoms. The van der Waals surface area contributed by atoms with E-state index in [0.29, 0.717) is 18.5 Å². The summed E-state index contributed by atoms with van der Waals surface area (Å²) in [4.78, 5) is 1.18. The van der Waals surface area contributed by atoms with E-state index in [2.05, 4.69) is 0 Å². The summed E-state index contributed by atoms with van der Waals surface area (Å²) in [6.07, 6.45) is -1.33. The Hall–Kier alpha value is -1.49. The van der Waals surface area contributed by atoms with Crippen LogP contribution in [0.1, 0.15) is 18.4 Å². The first kappa shape index (κ1) is 13.9. The molecule has 1 aromatic rings. The van der Waals surface area contributed by atoms with E-state index in [0.717, 1.165) is 12.0 Å². The molecule has 0 saturated carbocycles. The largest absolute Gasteiger partial charge is 0.431 e. The minimum absolute atomic E-state index is 0.0532. The monoisotopic (exact) mass is 271 g/mol. The number of nitrogens with zero attached hydrogens (tertiary/aromatic N) is 1. The number of aliphatic hydroxyl groups is 1. The first-order valence-electron chi connectivity index (χ1n) is 6.27. The number of alkyl halides is 3. The number of benzene rings is 1. The Kier molecular flexibility index (Phi) is 4.14. The third-order valence-electron chi connectivity index (χ3n) is 3.18. The van der Waals surface area contributed by atoms with E-state index < -0.39 is 11.9 Å². The summed E-state index contributed by atoms with van der Waals surface area (Å²) < 4.78 is 39.4. The smallest absolute Gasteiger partial charge is 0.395 e. The number of hydrogen-bond donors (Lipinski definition) is 1. The third kappa shape index (κ3) is 3.10. The molecule has 1 aliphatic heterocycles.